The first-order valence-electron chi connectivity index (χ1n) is 3.91. The Kier molecular flexibility index (Phi) is 3.60. The van der Waals surface area contributed by atoms with E-state index in [-0.39, 0.29) is 5.78 Å². The lowest BCUT2D eigenvalue weighted by atomic mass is 10.2. The molecule has 0 aliphatic carbocycles. The van der Waals surface area contributed by atoms with E-state index in [9.17, 15) is 4.79 Å². The summed E-state index contributed by atoms with van der Waals surface area (Å²) in [5, 5.41) is 0. The van der Waals surface area contributed by atoms with Crippen LogP contribution in [0.4, 0.5) is 0 Å². The zero-order chi connectivity index (χ0) is 9.68. The average molecular weight is 190 g/mol. The summed E-state index contributed by atoms with van der Waals surface area (Å²) in [6, 6.07) is 8.00. The smallest absolute Gasteiger partial charge is 0.215 e. The molecule has 0 amide bonds. The maximum atomic E-state index is 10.8. The Morgan fingerprint density at radius 3 is 3.00 bits per heavy atom. The molecule has 1 rings (SSSR count). The summed E-state index contributed by atoms with van der Waals surface area (Å²) in [5.41, 5.74) is 1.19. The molecule has 2 heteroatoms. The molecule has 0 fully saturated rings. The third kappa shape index (κ3) is 3.35. The molecule has 0 saturated heterocycles. The average Bonchev–Trinajstić information content (AvgIpc) is 2.14. The van der Waals surface area contributed by atoms with Crippen LogP contribution >= 0.6 is 11.8 Å². The van der Waals surface area contributed by atoms with Crippen molar-refractivity contribution >= 4 is 17.5 Å². The fourth-order valence-corrected chi connectivity index (χ4v) is 1.72. The van der Waals surface area contributed by atoms with Crippen molar-refractivity contribution in [2.45, 2.75) is 11.8 Å². The molecule has 66 valence electrons. The molecule has 1 nitrogen and oxygen atoms in total. The number of carbonyl (C=O) groups excluding carboxylic acids is 1. The van der Waals surface area contributed by atoms with Crippen molar-refractivity contribution in [2.75, 3.05) is 5.75 Å². The predicted octanol–water partition coefficient (Wildman–Crippen LogP) is 2.29. The number of terminal acetylenes is 1. The fourth-order valence-electron chi connectivity index (χ4n) is 0.896. The highest BCUT2D eigenvalue weighted by Crippen LogP contribution is 2.18. The summed E-state index contributed by atoms with van der Waals surface area (Å²) in [7, 11) is 0. The number of aryl methyl sites for hydroxylation is 1. The van der Waals surface area contributed by atoms with Gasteiger partial charge in [-0.15, -0.1) is 18.2 Å². The van der Waals surface area contributed by atoms with Crippen molar-refractivity contribution in [2.24, 2.45) is 0 Å². The second-order valence-corrected chi connectivity index (χ2v) is 3.72. The topological polar surface area (TPSA) is 17.1 Å². The Bertz CT molecular complexity index is 349. The third-order valence-corrected chi connectivity index (χ3v) is 2.51. The Hall–Kier alpha value is -1.20. The minimum atomic E-state index is -0.161. The highest BCUT2D eigenvalue weighted by atomic mass is 32.2. The number of thioether (sulfide) groups is 1. The van der Waals surface area contributed by atoms with Crippen molar-refractivity contribution < 1.29 is 4.79 Å². The number of ketones is 1. The summed E-state index contributed by atoms with van der Waals surface area (Å²) in [6.45, 7) is 2.02. The lowest BCUT2D eigenvalue weighted by Crippen LogP contribution is -1.95. The normalized spacial score (nSPS) is 9.23. The van der Waals surface area contributed by atoms with E-state index in [2.05, 4.69) is 5.92 Å². The molecule has 0 spiro atoms. The molecule has 0 N–H and O–H groups in total. The van der Waals surface area contributed by atoms with Gasteiger partial charge in [-0.1, -0.05) is 17.7 Å². The molecule has 0 aliphatic heterocycles. The van der Waals surface area contributed by atoms with Crippen LogP contribution in [0.1, 0.15) is 5.56 Å². The second-order valence-electron chi connectivity index (χ2n) is 2.67. The molecule has 0 radical (unpaired) electrons. The third-order valence-electron chi connectivity index (χ3n) is 1.52. The maximum Gasteiger partial charge on any atom is 0.215 e. The van der Waals surface area contributed by atoms with Crippen LogP contribution in [0.3, 0.4) is 0 Å². The van der Waals surface area contributed by atoms with Crippen LogP contribution in [0, 0.1) is 19.3 Å². The van der Waals surface area contributed by atoms with Gasteiger partial charge in [-0.25, -0.2) is 0 Å². The summed E-state index contributed by atoms with van der Waals surface area (Å²) >= 11 is 1.48. The van der Waals surface area contributed by atoms with Crippen LogP contribution in [-0.4, -0.2) is 11.5 Å². The predicted molar refractivity (Wildman–Crippen MR) is 55.7 cm³/mol. The van der Waals surface area contributed by atoms with Gasteiger partial charge >= 0.3 is 0 Å². The molecular formula is C11H10OS. The lowest BCUT2D eigenvalue weighted by Gasteiger charge is -1.98. The molecule has 0 saturated carbocycles. The summed E-state index contributed by atoms with van der Waals surface area (Å²) < 4.78 is 0. The van der Waals surface area contributed by atoms with E-state index in [1.54, 1.807) is 0 Å². The van der Waals surface area contributed by atoms with Gasteiger partial charge in [0.2, 0.25) is 5.78 Å². The number of Topliss-reactive ketones (excluding diaryl/α,β-unsaturated/α-hetero) is 1. The number of carbonyl (C=O) groups is 1. The first-order chi connectivity index (χ1) is 6.22. The van der Waals surface area contributed by atoms with Gasteiger partial charge in [0.1, 0.15) is 0 Å². The van der Waals surface area contributed by atoms with Crippen molar-refractivity contribution in [3.63, 3.8) is 0 Å². The molecule has 1 aromatic rings. The minimum Gasteiger partial charge on any atom is -0.284 e. The van der Waals surface area contributed by atoms with Gasteiger partial charge in [0.25, 0.3) is 0 Å². The molecule has 0 aromatic heterocycles. The number of hydrogen-bond acceptors (Lipinski definition) is 2. The van der Waals surface area contributed by atoms with Crippen LogP contribution in [0.5, 0.6) is 0 Å². The second kappa shape index (κ2) is 4.74. The van der Waals surface area contributed by atoms with Gasteiger partial charge in [0.15, 0.2) is 0 Å². The van der Waals surface area contributed by atoms with Crippen LogP contribution in [0.15, 0.2) is 29.2 Å². The molecule has 0 heterocycles. The summed E-state index contributed by atoms with van der Waals surface area (Å²) in [6.07, 6.45) is 4.95. The van der Waals surface area contributed by atoms with Gasteiger partial charge < -0.3 is 0 Å². The van der Waals surface area contributed by atoms with Gasteiger partial charge in [-0.3, -0.25) is 4.79 Å². The monoisotopic (exact) mass is 190 g/mol. The highest BCUT2D eigenvalue weighted by molar-refractivity contribution is 8.00. The van der Waals surface area contributed by atoms with E-state index in [1.807, 2.05) is 31.2 Å². The number of hydrogen-bond donors (Lipinski definition) is 0. The van der Waals surface area contributed by atoms with E-state index >= 15 is 0 Å². The van der Waals surface area contributed by atoms with Gasteiger partial charge in [-0.05, 0) is 25.0 Å². The lowest BCUT2D eigenvalue weighted by molar-refractivity contribution is -0.111. The zero-order valence-corrected chi connectivity index (χ0v) is 8.23. The van der Waals surface area contributed by atoms with Crippen molar-refractivity contribution in [3.05, 3.63) is 29.8 Å². The standard InChI is InChI=1S/C11H10OS/c1-3-10(12)8-13-11-6-4-5-9(2)7-11/h1,4-7H,8H2,2H3. The Morgan fingerprint density at radius 1 is 1.62 bits per heavy atom. The molecule has 0 unspecified atom stereocenters. The van der Waals surface area contributed by atoms with Crippen LogP contribution in [0.25, 0.3) is 0 Å². The molecular weight excluding hydrogens is 180 g/mol. The Morgan fingerprint density at radius 2 is 2.38 bits per heavy atom. The highest BCUT2D eigenvalue weighted by Gasteiger charge is 1.98. The van der Waals surface area contributed by atoms with Gasteiger partial charge in [0, 0.05) is 4.90 Å². The van der Waals surface area contributed by atoms with Crippen molar-refractivity contribution in [1.82, 2.24) is 0 Å². The Balaban J connectivity index is 2.56. The van der Waals surface area contributed by atoms with E-state index < -0.39 is 0 Å². The molecule has 0 bridgehead atoms. The van der Waals surface area contributed by atoms with E-state index in [1.165, 1.54) is 17.3 Å². The molecule has 13 heavy (non-hydrogen) atoms. The van der Waals surface area contributed by atoms with Crippen molar-refractivity contribution in [3.8, 4) is 12.3 Å². The van der Waals surface area contributed by atoms with Crippen LogP contribution in [0.2, 0.25) is 0 Å². The molecule has 1 aromatic carbocycles. The summed E-state index contributed by atoms with van der Waals surface area (Å²) in [4.78, 5) is 11.9. The van der Waals surface area contributed by atoms with E-state index in [0.29, 0.717) is 5.75 Å². The summed E-state index contributed by atoms with van der Waals surface area (Å²) in [5.74, 6) is 2.29. The van der Waals surface area contributed by atoms with Gasteiger partial charge in [-0.2, -0.15) is 0 Å². The van der Waals surface area contributed by atoms with E-state index in [0.717, 1.165) is 4.90 Å². The van der Waals surface area contributed by atoms with Crippen LogP contribution < -0.4 is 0 Å². The fraction of sp³-hybridized carbons (Fsp3) is 0.182. The first kappa shape index (κ1) is 9.88. The van der Waals surface area contributed by atoms with Crippen LogP contribution in [-0.2, 0) is 4.79 Å². The molecule has 0 atom stereocenters. The number of rotatable bonds is 3. The SMILES string of the molecule is C#CC(=O)CSc1cccc(C)c1. The van der Waals surface area contributed by atoms with E-state index in [4.69, 9.17) is 6.42 Å². The first-order valence-corrected chi connectivity index (χ1v) is 4.90. The molecule has 0 aliphatic rings. The maximum absolute atomic E-state index is 10.8. The number of benzene rings is 1. The quantitative estimate of drug-likeness (QED) is 0.413. The Labute approximate surface area is 82.5 Å². The zero-order valence-electron chi connectivity index (χ0n) is 7.41. The minimum absolute atomic E-state index is 0.161. The largest absolute Gasteiger partial charge is 0.284 e. The van der Waals surface area contributed by atoms with Crippen molar-refractivity contribution in [1.29, 1.82) is 0 Å². The van der Waals surface area contributed by atoms with Gasteiger partial charge in [0.05, 0.1) is 5.75 Å².